The normalized spacial score (nSPS) is 11.0. The third-order valence-corrected chi connectivity index (χ3v) is 4.13. The molecule has 24 heavy (non-hydrogen) atoms. The molecule has 0 atom stereocenters. The number of fused-ring (bicyclic) bond motifs is 1. The van der Waals surface area contributed by atoms with E-state index in [4.69, 9.17) is 0 Å². The molecule has 3 rings (SSSR count). The molecule has 1 amide bonds. The number of H-pyrrole nitrogens is 1. The van der Waals surface area contributed by atoms with Gasteiger partial charge in [-0.1, -0.05) is 6.07 Å². The van der Waals surface area contributed by atoms with Gasteiger partial charge in [-0.3, -0.25) is 9.36 Å². The van der Waals surface area contributed by atoms with Gasteiger partial charge in [-0.2, -0.15) is 0 Å². The van der Waals surface area contributed by atoms with E-state index in [0.717, 1.165) is 11.1 Å². The highest BCUT2D eigenvalue weighted by molar-refractivity contribution is 5.94. The highest BCUT2D eigenvalue weighted by atomic mass is 19.1. The number of halogens is 1. The van der Waals surface area contributed by atoms with Gasteiger partial charge in [0.25, 0.3) is 5.91 Å². The molecule has 0 radical (unpaired) electrons. The molecule has 2 N–H and O–H groups in total. The van der Waals surface area contributed by atoms with Gasteiger partial charge < -0.3 is 10.3 Å². The second-order valence-corrected chi connectivity index (χ2v) is 5.80. The van der Waals surface area contributed by atoms with Crippen molar-refractivity contribution in [2.45, 2.75) is 20.4 Å². The van der Waals surface area contributed by atoms with E-state index in [1.54, 1.807) is 12.1 Å². The van der Waals surface area contributed by atoms with Crippen LogP contribution in [-0.2, 0) is 6.54 Å². The summed E-state index contributed by atoms with van der Waals surface area (Å²) in [5, 5.41) is 2.80. The van der Waals surface area contributed by atoms with Crippen LogP contribution >= 0.6 is 0 Å². The van der Waals surface area contributed by atoms with Crippen LogP contribution in [-0.4, -0.2) is 22.0 Å². The average Bonchev–Trinajstić information content (AvgIpc) is 2.84. The van der Waals surface area contributed by atoms with E-state index in [2.05, 4.69) is 10.3 Å². The standard InChI is InChI=1S/C18H18FN3O2/c1-11-3-4-13(9-12(11)2)17(23)20-7-8-22-16-6-5-14(19)10-15(16)21-18(22)24/h3-6,9-10H,7-8H2,1-2H3,(H,20,23)(H,21,24). The number of nitrogens with one attached hydrogen (secondary N) is 2. The number of carbonyl (C=O) groups is 1. The molecule has 2 aromatic carbocycles. The largest absolute Gasteiger partial charge is 0.350 e. The zero-order valence-corrected chi connectivity index (χ0v) is 13.5. The van der Waals surface area contributed by atoms with Crippen molar-refractivity contribution in [3.8, 4) is 0 Å². The molecule has 1 heterocycles. The van der Waals surface area contributed by atoms with Gasteiger partial charge in [0.05, 0.1) is 11.0 Å². The van der Waals surface area contributed by atoms with Crippen LogP contribution < -0.4 is 11.0 Å². The molecule has 3 aromatic rings. The number of amides is 1. The number of aromatic amines is 1. The minimum absolute atomic E-state index is 0.183. The average molecular weight is 327 g/mol. The zero-order valence-electron chi connectivity index (χ0n) is 13.5. The molecule has 124 valence electrons. The summed E-state index contributed by atoms with van der Waals surface area (Å²) in [5.41, 5.74) is 3.51. The molecule has 0 saturated heterocycles. The maximum absolute atomic E-state index is 13.2. The van der Waals surface area contributed by atoms with Crippen molar-refractivity contribution in [2.75, 3.05) is 6.54 Å². The van der Waals surface area contributed by atoms with Crippen molar-refractivity contribution in [2.24, 2.45) is 0 Å². The number of carbonyl (C=O) groups excluding carboxylic acids is 1. The van der Waals surface area contributed by atoms with Crippen LogP contribution in [0.1, 0.15) is 21.5 Å². The number of hydrogen-bond acceptors (Lipinski definition) is 2. The monoisotopic (exact) mass is 327 g/mol. The van der Waals surface area contributed by atoms with Gasteiger partial charge in [-0.25, -0.2) is 9.18 Å². The van der Waals surface area contributed by atoms with Gasteiger partial charge >= 0.3 is 5.69 Å². The predicted octanol–water partition coefficient (Wildman–Crippen LogP) is 2.52. The summed E-state index contributed by atoms with van der Waals surface area (Å²) in [4.78, 5) is 26.7. The first-order valence-corrected chi connectivity index (χ1v) is 7.69. The molecular formula is C18H18FN3O2. The van der Waals surface area contributed by atoms with E-state index in [1.807, 2.05) is 26.0 Å². The van der Waals surface area contributed by atoms with E-state index in [9.17, 15) is 14.0 Å². The van der Waals surface area contributed by atoms with E-state index in [-0.39, 0.29) is 11.6 Å². The molecule has 0 aliphatic heterocycles. The van der Waals surface area contributed by atoms with Crippen LogP contribution in [0.2, 0.25) is 0 Å². The Morgan fingerprint density at radius 2 is 1.96 bits per heavy atom. The highest BCUT2D eigenvalue weighted by Crippen LogP contribution is 2.12. The topological polar surface area (TPSA) is 66.9 Å². The Morgan fingerprint density at radius 1 is 1.17 bits per heavy atom. The molecule has 0 fully saturated rings. The van der Waals surface area contributed by atoms with E-state index in [1.165, 1.54) is 16.7 Å². The number of imidazole rings is 1. The molecule has 1 aromatic heterocycles. The SMILES string of the molecule is Cc1ccc(C(=O)NCCn2c(=O)[nH]c3cc(F)ccc32)cc1C. The second kappa shape index (κ2) is 6.31. The van der Waals surface area contributed by atoms with Gasteiger partial charge in [0, 0.05) is 18.7 Å². The minimum Gasteiger partial charge on any atom is -0.350 e. The van der Waals surface area contributed by atoms with Crippen molar-refractivity contribution in [1.29, 1.82) is 0 Å². The van der Waals surface area contributed by atoms with Gasteiger partial charge in [0.15, 0.2) is 0 Å². The molecular weight excluding hydrogens is 309 g/mol. The first-order valence-electron chi connectivity index (χ1n) is 7.69. The lowest BCUT2D eigenvalue weighted by atomic mass is 10.1. The number of benzene rings is 2. The highest BCUT2D eigenvalue weighted by Gasteiger charge is 2.09. The smallest absolute Gasteiger partial charge is 0.326 e. The summed E-state index contributed by atoms with van der Waals surface area (Å²) < 4.78 is 14.7. The van der Waals surface area contributed by atoms with E-state index < -0.39 is 5.82 Å². The first-order chi connectivity index (χ1) is 11.5. The Labute approximate surface area is 138 Å². The molecule has 0 aliphatic rings. The van der Waals surface area contributed by atoms with Gasteiger partial charge in [-0.15, -0.1) is 0 Å². The van der Waals surface area contributed by atoms with Gasteiger partial charge in [-0.05, 0) is 55.3 Å². The number of hydrogen-bond donors (Lipinski definition) is 2. The molecule has 0 spiro atoms. The maximum atomic E-state index is 13.2. The fraction of sp³-hybridized carbons (Fsp3) is 0.222. The van der Waals surface area contributed by atoms with E-state index in [0.29, 0.717) is 29.7 Å². The van der Waals surface area contributed by atoms with Gasteiger partial charge in [0.1, 0.15) is 5.82 Å². The van der Waals surface area contributed by atoms with Crippen molar-refractivity contribution < 1.29 is 9.18 Å². The van der Waals surface area contributed by atoms with Crippen LogP contribution in [0, 0.1) is 19.7 Å². The molecule has 0 bridgehead atoms. The molecule has 0 aliphatic carbocycles. The van der Waals surface area contributed by atoms with Crippen molar-refractivity contribution in [3.05, 3.63) is 69.4 Å². The Hall–Kier alpha value is -2.89. The lowest BCUT2D eigenvalue weighted by Gasteiger charge is -2.08. The Bertz CT molecular complexity index is 972. The summed E-state index contributed by atoms with van der Waals surface area (Å²) in [6.45, 7) is 4.55. The molecule has 6 heteroatoms. The summed E-state index contributed by atoms with van der Waals surface area (Å²) >= 11 is 0. The second-order valence-electron chi connectivity index (χ2n) is 5.80. The Kier molecular flexibility index (Phi) is 4.20. The van der Waals surface area contributed by atoms with Crippen LogP contribution in [0.4, 0.5) is 4.39 Å². The fourth-order valence-corrected chi connectivity index (χ4v) is 2.62. The summed E-state index contributed by atoms with van der Waals surface area (Å²) in [6, 6.07) is 9.65. The van der Waals surface area contributed by atoms with Crippen molar-refractivity contribution >= 4 is 16.9 Å². The summed E-state index contributed by atoms with van der Waals surface area (Å²) in [6.07, 6.45) is 0. The Balaban J connectivity index is 1.70. The molecule has 0 unspecified atom stereocenters. The third kappa shape index (κ3) is 3.08. The van der Waals surface area contributed by atoms with Crippen LogP contribution in [0.3, 0.4) is 0 Å². The third-order valence-electron chi connectivity index (χ3n) is 4.13. The van der Waals surface area contributed by atoms with Gasteiger partial charge in [0.2, 0.25) is 0 Å². The molecule has 5 nitrogen and oxygen atoms in total. The van der Waals surface area contributed by atoms with Crippen LogP contribution in [0.25, 0.3) is 11.0 Å². The number of aryl methyl sites for hydroxylation is 2. The fourth-order valence-electron chi connectivity index (χ4n) is 2.62. The minimum atomic E-state index is -0.404. The maximum Gasteiger partial charge on any atom is 0.326 e. The summed E-state index contributed by atoms with van der Waals surface area (Å²) in [5.74, 6) is -0.587. The molecule has 0 saturated carbocycles. The predicted molar refractivity (Wildman–Crippen MR) is 90.8 cm³/mol. The van der Waals surface area contributed by atoms with Crippen LogP contribution in [0.5, 0.6) is 0 Å². The first kappa shape index (κ1) is 16.0. The Morgan fingerprint density at radius 3 is 2.71 bits per heavy atom. The summed E-state index contributed by atoms with van der Waals surface area (Å²) in [7, 11) is 0. The van der Waals surface area contributed by atoms with Crippen molar-refractivity contribution in [1.82, 2.24) is 14.9 Å². The van der Waals surface area contributed by atoms with Crippen LogP contribution in [0.15, 0.2) is 41.2 Å². The number of nitrogens with zero attached hydrogens (tertiary/aromatic N) is 1. The zero-order chi connectivity index (χ0) is 17.3. The van der Waals surface area contributed by atoms with E-state index >= 15 is 0 Å². The van der Waals surface area contributed by atoms with Crippen molar-refractivity contribution in [3.63, 3.8) is 0 Å². The number of aromatic nitrogens is 2. The quantitative estimate of drug-likeness (QED) is 0.773. The lowest BCUT2D eigenvalue weighted by Crippen LogP contribution is -2.30. The number of rotatable bonds is 4. The lowest BCUT2D eigenvalue weighted by molar-refractivity contribution is 0.0952.